The van der Waals surface area contributed by atoms with Crippen LogP contribution >= 0.6 is 11.6 Å². The molecule has 0 radical (unpaired) electrons. The highest BCUT2D eigenvalue weighted by atomic mass is 35.5. The molecule has 10 heteroatoms. The number of carbonyl (C=O) groups excluding carboxylic acids is 3. The van der Waals surface area contributed by atoms with Crippen LogP contribution in [-0.2, 0) is 14.3 Å². The smallest absolute Gasteiger partial charge is 0.340 e. The number of aliphatic hydroxyl groups is 2. The van der Waals surface area contributed by atoms with Gasteiger partial charge in [0.2, 0.25) is 5.78 Å². The maximum Gasteiger partial charge on any atom is 0.340 e. The number of aliphatic hydroxyl groups excluding tert-OH is 1. The Morgan fingerprint density at radius 1 is 1.21 bits per heavy atom. The molecule has 0 bridgehead atoms. The summed E-state index contributed by atoms with van der Waals surface area (Å²) in [6.45, 7) is 3.32. The summed E-state index contributed by atoms with van der Waals surface area (Å²) in [6, 6.07) is 3.31. The van der Waals surface area contributed by atoms with Crippen LogP contribution in [-0.4, -0.2) is 51.0 Å². The third-order valence-electron chi connectivity index (χ3n) is 10.2. The molecule has 0 aliphatic heterocycles. The van der Waals surface area contributed by atoms with Gasteiger partial charge in [-0.3, -0.25) is 19.7 Å². The highest BCUT2D eigenvalue weighted by Gasteiger charge is 2.68. The molecular weight excluding hydrogens is 514 g/mol. The molecule has 0 aromatic heterocycles. The predicted octanol–water partition coefficient (Wildman–Crippen LogP) is 4.21. The first-order valence-electron chi connectivity index (χ1n) is 13.1. The van der Waals surface area contributed by atoms with E-state index in [1.54, 1.807) is 6.08 Å². The van der Waals surface area contributed by atoms with E-state index in [0.29, 0.717) is 19.3 Å². The Labute approximate surface area is 225 Å². The van der Waals surface area contributed by atoms with Gasteiger partial charge in [0.05, 0.1) is 21.6 Å². The minimum absolute atomic E-state index is 0.000622. The number of fused-ring (bicyclic) bond motifs is 5. The van der Waals surface area contributed by atoms with E-state index < -0.39 is 40.4 Å². The van der Waals surface area contributed by atoms with Crippen LogP contribution in [0.15, 0.2) is 29.8 Å². The van der Waals surface area contributed by atoms with Crippen LogP contribution in [0.3, 0.4) is 0 Å². The summed E-state index contributed by atoms with van der Waals surface area (Å²) >= 11 is 6.01. The van der Waals surface area contributed by atoms with E-state index in [4.69, 9.17) is 16.3 Å². The number of non-ortho nitro benzene ring substituents is 1. The zero-order valence-electron chi connectivity index (χ0n) is 21.4. The van der Waals surface area contributed by atoms with Gasteiger partial charge in [0.1, 0.15) is 5.60 Å². The van der Waals surface area contributed by atoms with Crippen molar-refractivity contribution in [3.63, 3.8) is 0 Å². The molecular formula is C28H32ClNO8. The lowest BCUT2D eigenvalue weighted by Gasteiger charge is -2.60. The number of allylic oxidation sites excluding steroid dienone is 1. The van der Waals surface area contributed by atoms with Crippen molar-refractivity contribution in [2.45, 2.75) is 70.5 Å². The Kier molecular flexibility index (Phi) is 6.56. The highest BCUT2D eigenvalue weighted by molar-refractivity contribution is 6.33. The molecule has 0 heterocycles. The SMILES string of the molecule is C[C@]12CCC(=O)C=C1CC[C@@H]1[C@@H]2[C@@H](O)C[C@@]2(C)[C@H]1CC[C@]2(O)C(=O)COC(=O)c1ccc([N+](=O)[O-])cc1Cl. The van der Waals surface area contributed by atoms with E-state index in [1.807, 2.05) is 6.92 Å². The van der Waals surface area contributed by atoms with Gasteiger partial charge in [0.25, 0.3) is 5.69 Å². The quantitative estimate of drug-likeness (QED) is 0.318. The Morgan fingerprint density at radius 3 is 2.63 bits per heavy atom. The van der Waals surface area contributed by atoms with Crippen molar-refractivity contribution >= 4 is 34.8 Å². The van der Waals surface area contributed by atoms with Crippen molar-refractivity contribution in [3.8, 4) is 0 Å². The summed E-state index contributed by atoms with van der Waals surface area (Å²) in [5.41, 5.74) is -2.24. The molecule has 3 saturated carbocycles. The molecule has 0 amide bonds. The summed E-state index contributed by atoms with van der Waals surface area (Å²) in [7, 11) is 0. The van der Waals surface area contributed by atoms with Crippen molar-refractivity contribution in [1.29, 1.82) is 0 Å². The third-order valence-corrected chi connectivity index (χ3v) is 10.5. The van der Waals surface area contributed by atoms with Gasteiger partial charge in [-0.25, -0.2) is 4.79 Å². The number of carbonyl (C=O) groups is 3. The molecule has 4 aliphatic carbocycles. The van der Waals surface area contributed by atoms with Crippen LogP contribution in [0.25, 0.3) is 0 Å². The van der Waals surface area contributed by atoms with Crippen LogP contribution in [0.2, 0.25) is 5.02 Å². The fourth-order valence-electron chi connectivity index (χ4n) is 8.26. The largest absolute Gasteiger partial charge is 0.454 e. The number of Topliss-reactive ketones (excluding diaryl/α,β-unsaturated/α-hetero) is 1. The van der Waals surface area contributed by atoms with Gasteiger partial charge >= 0.3 is 5.97 Å². The summed E-state index contributed by atoms with van der Waals surface area (Å²) in [6.07, 6.45) is 4.78. The standard InChI is InChI=1S/C28H32ClNO8/c1-26-9-7-17(31)11-15(26)3-5-18-20-8-10-28(35,27(20,2)13-22(32)24(18)26)23(33)14-38-25(34)19-6-4-16(30(36)37)12-21(19)29/h4,6,11-12,18,20,22,24,32,35H,3,5,7-10,13-14H2,1-2H3/t18-,20-,22-,24+,26-,27-,28-/m0/s1. The first-order chi connectivity index (χ1) is 17.8. The molecule has 5 rings (SSSR count). The second kappa shape index (κ2) is 9.24. The molecule has 2 N–H and O–H groups in total. The van der Waals surface area contributed by atoms with Crippen LogP contribution in [0.4, 0.5) is 5.69 Å². The molecule has 7 atom stereocenters. The summed E-state index contributed by atoms with van der Waals surface area (Å²) in [5.74, 6) is -1.37. The average molecular weight is 546 g/mol. The predicted molar refractivity (Wildman–Crippen MR) is 136 cm³/mol. The third kappa shape index (κ3) is 3.93. The zero-order chi connectivity index (χ0) is 27.6. The second-order valence-electron chi connectivity index (χ2n) is 11.9. The number of benzene rings is 1. The Bertz CT molecular complexity index is 1260. The van der Waals surface area contributed by atoms with Crippen molar-refractivity contribution in [2.75, 3.05) is 6.61 Å². The number of esters is 1. The van der Waals surface area contributed by atoms with Crippen LogP contribution < -0.4 is 0 Å². The molecule has 38 heavy (non-hydrogen) atoms. The van der Waals surface area contributed by atoms with Gasteiger partial charge in [-0.1, -0.05) is 31.0 Å². The van der Waals surface area contributed by atoms with E-state index in [0.717, 1.165) is 36.6 Å². The lowest BCUT2D eigenvalue weighted by Crippen LogP contribution is -2.62. The maximum absolute atomic E-state index is 13.4. The molecule has 1 aromatic carbocycles. The molecule has 0 saturated heterocycles. The van der Waals surface area contributed by atoms with E-state index >= 15 is 0 Å². The average Bonchev–Trinajstić information content (AvgIpc) is 3.13. The summed E-state index contributed by atoms with van der Waals surface area (Å²) in [5, 5.41) is 34.0. The first-order valence-corrected chi connectivity index (χ1v) is 13.5. The van der Waals surface area contributed by atoms with E-state index in [1.165, 1.54) is 0 Å². The van der Waals surface area contributed by atoms with Crippen LogP contribution in [0.1, 0.15) is 69.2 Å². The van der Waals surface area contributed by atoms with Gasteiger partial charge in [-0.15, -0.1) is 0 Å². The molecule has 3 fully saturated rings. The lowest BCUT2D eigenvalue weighted by atomic mass is 9.45. The van der Waals surface area contributed by atoms with Gasteiger partial charge < -0.3 is 14.9 Å². The second-order valence-corrected chi connectivity index (χ2v) is 12.3. The van der Waals surface area contributed by atoms with Crippen molar-refractivity contribution in [2.24, 2.45) is 28.6 Å². The zero-order valence-corrected chi connectivity index (χ0v) is 22.2. The molecule has 4 aliphatic rings. The van der Waals surface area contributed by atoms with Crippen molar-refractivity contribution in [3.05, 3.63) is 50.5 Å². The molecule has 0 unspecified atom stereocenters. The normalized spacial score (nSPS) is 37.9. The Balaban J connectivity index is 1.33. The number of ketones is 2. The van der Waals surface area contributed by atoms with Gasteiger partial charge in [0.15, 0.2) is 12.4 Å². The molecule has 9 nitrogen and oxygen atoms in total. The topological polar surface area (TPSA) is 144 Å². The van der Waals surface area contributed by atoms with Crippen LogP contribution in [0.5, 0.6) is 0 Å². The number of nitrogens with zero attached hydrogens (tertiary/aromatic N) is 1. The Hall–Kier alpha value is -2.62. The lowest BCUT2D eigenvalue weighted by molar-refractivity contribution is -0.384. The van der Waals surface area contributed by atoms with Crippen LogP contribution in [0, 0.1) is 38.7 Å². The molecule has 1 aromatic rings. The summed E-state index contributed by atoms with van der Waals surface area (Å²) in [4.78, 5) is 48.3. The number of nitro benzene ring substituents is 1. The fraction of sp³-hybridized carbons (Fsp3) is 0.607. The fourth-order valence-corrected chi connectivity index (χ4v) is 8.51. The van der Waals surface area contributed by atoms with Crippen molar-refractivity contribution < 1.29 is 34.3 Å². The van der Waals surface area contributed by atoms with E-state index in [-0.39, 0.29) is 58.1 Å². The number of ether oxygens (including phenoxy) is 1. The summed E-state index contributed by atoms with van der Waals surface area (Å²) < 4.78 is 5.20. The van der Waals surface area contributed by atoms with Crippen molar-refractivity contribution in [1.82, 2.24) is 0 Å². The Morgan fingerprint density at radius 2 is 1.95 bits per heavy atom. The monoisotopic (exact) mass is 545 g/mol. The van der Waals surface area contributed by atoms with Gasteiger partial charge in [0, 0.05) is 24.0 Å². The number of hydrogen-bond acceptors (Lipinski definition) is 8. The minimum atomic E-state index is -1.78. The molecule has 0 spiro atoms. The first kappa shape index (κ1) is 27.0. The number of rotatable bonds is 5. The number of halogens is 1. The minimum Gasteiger partial charge on any atom is -0.454 e. The van der Waals surface area contributed by atoms with E-state index in [9.17, 15) is 34.7 Å². The molecule has 204 valence electrons. The highest BCUT2D eigenvalue weighted by Crippen LogP contribution is 2.67. The van der Waals surface area contributed by atoms with Gasteiger partial charge in [-0.2, -0.15) is 0 Å². The number of hydrogen-bond donors (Lipinski definition) is 2. The van der Waals surface area contributed by atoms with Gasteiger partial charge in [-0.05, 0) is 73.8 Å². The van der Waals surface area contributed by atoms with E-state index in [2.05, 4.69) is 6.92 Å². The maximum atomic E-state index is 13.4. The number of nitro groups is 1.